The van der Waals surface area contributed by atoms with Crippen molar-refractivity contribution < 1.29 is 4.79 Å². The number of carbonyl (C=O) groups excluding carboxylic acids is 1. The van der Waals surface area contributed by atoms with Crippen molar-refractivity contribution in [1.82, 2.24) is 4.90 Å². The monoisotopic (exact) mass is 442 g/mol. The van der Waals surface area contributed by atoms with Crippen molar-refractivity contribution in [3.63, 3.8) is 0 Å². The lowest BCUT2D eigenvalue weighted by Crippen LogP contribution is -2.29. The van der Waals surface area contributed by atoms with Gasteiger partial charge in [-0.05, 0) is 79.0 Å². The summed E-state index contributed by atoms with van der Waals surface area (Å²) in [6.07, 6.45) is 3.92. The van der Waals surface area contributed by atoms with Crippen molar-refractivity contribution in [3.05, 3.63) is 88.9 Å². The van der Waals surface area contributed by atoms with Gasteiger partial charge < -0.3 is 4.90 Å². The molecule has 3 nitrogen and oxygen atoms in total. The zero-order chi connectivity index (χ0) is 22.3. The molecule has 0 N–H and O–H groups in total. The third-order valence-electron chi connectivity index (χ3n) is 5.86. The molecular formula is C28H27ClN2O. The van der Waals surface area contributed by atoms with E-state index in [-0.39, 0.29) is 5.91 Å². The fraction of sp³-hybridized carbons (Fsp3) is 0.250. The normalized spacial score (nSPS) is 13.8. The summed E-state index contributed by atoms with van der Waals surface area (Å²) in [4.78, 5) is 16.7. The highest BCUT2D eigenvalue weighted by Crippen LogP contribution is 2.22. The molecule has 0 radical (unpaired) electrons. The van der Waals surface area contributed by atoms with Gasteiger partial charge in [-0.25, -0.2) is 0 Å². The Hall–Kier alpha value is -3.06. The molecule has 0 bridgehead atoms. The largest absolute Gasteiger partial charge is 0.305 e. The molecule has 0 aliphatic carbocycles. The fourth-order valence-corrected chi connectivity index (χ4v) is 4.04. The number of anilines is 1. The lowest BCUT2D eigenvalue weighted by molar-refractivity contribution is -0.113. The van der Waals surface area contributed by atoms with Crippen LogP contribution in [-0.2, 0) is 11.3 Å². The molecule has 1 aliphatic heterocycles. The van der Waals surface area contributed by atoms with Crippen LogP contribution in [0.5, 0.6) is 0 Å². The van der Waals surface area contributed by atoms with Gasteiger partial charge in [0.2, 0.25) is 0 Å². The molecule has 3 aromatic rings. The van der Waals surface area contributed by atoms with E-state index in [2.05, 4.69) is 28.9 Å². The Morgan fingerprint density at radius 3 is 2.09 bits per heavy atom. The molecule has 4 heteroatoms. The molecule has 0 aromatic heterocycles. The first-order valence-corrected chi connectivity index (χ1v) is 11.4. The van der Waals surface area contributed by atoms with Gasteiger partial charge in [-0.15, -0.1) is 0 Å². The molecule has 0 saturated carbocycles. The van der Waals surface area contributed by atoms with E-state index in [1.54, 1.807) is 11.9 Å². The minimum atomic E-state index is -0.226. The predicted octanol–water partition coefficient (Wildman–Crippen LogP) is 6.01. The Labute approximate surface area is 195 Å². The number of benzene rings is 3. The van der Waals surface area contributed by atoms with Gasteiger partial charge >= 0.3 is 5.91 Å². The van der Waals surface area contributed by atoms with Crippen LogP contribution in [0, 0.1) is 11.8 Å². The maximum atomic E-state index is 12.6. The van der Waals surface area contributed by atoms with Gasteiger partial charge in [-0.3, -0.25) is 9.69 Å². The molecule has 3 aromatic carbocycles. The van der Waals surface area contributed by atoms with E-state index in [1.807, 2.05) is 60.7 Å². The van der Waals surface area contributed by atoms with Gasteiger partial charge in [0, 0.05) is 35.8 Å². The Balaban J connectivity index is 1.37. The average molecular weight is 443 g/mol. The lowest BCUT2D eigenvalue weighted by Gasteiger charge is -2.26. The maximum absolute atomic E-state index is 12.6. The van der Waals surface area contributed by atoms with Crippen molar-refractivity contribution in [2.24, 2.45) is 0 Å². The Morgan fingerprint density at radius 1 is 0.875 bits per heavy atom. The Bertz CT molecular complexity index is 1100. The molecule has 1 aliphatic rings. The highest BCUT2D eigenvalue weighted by atomic mass is 35.5. The molecule has 1 fully saturated rings. The lowest BCUT2D eigenvalue weighted by atomic mass is 10.0. The summed E-state index contributed by atoms with van der Waals surface area (Å²) in [5, 5.41) is 0.718. The van der Waals surface area contributed by atoms with Crippen LogP contribution >= 0.6 is 11.6 Å². The van der Waals surface area contributed by atoms with Gasteiger partial charge in [-0.1, -0.05) is 60.3 Å². The third kappa shape index (κ3) is 5.79. The highest BCUT2D eigenvalue weighted by Gasteiger charge is 2.12. The number of carbonyl (C=O) groups is 1. The average Bonchev–Trinajstić information content (AvgIpc) is 2.84. The van der Waals surface area contributed by atoms with E-state index in [0.717, 1.165) is 33.9 Å². The van der Waals surface area contributed by atoms with Gasteiger partial charge in [0.15, 0.2) is 0 Å². The summed E-state index contributed by atoms with van der Waals surface area (Å²) < 4.78 is 0. The van der Waals surface area contributed by atoms with Crippen LogP contribution in [0.4, 0.5) is 5.69 Å². The molecular weight excluding hydrogens is 416 g/mol. The minimum Gasteiger partial charge on any atom is -0.305 e. The van der Waals surface area contributed by atoms with Crippen molar-refractivity contribution in [2.75, 3.05) is 25.0 Å². The summed E-state index contributed by atoms with van der Waals surface area (Å²) >= 11 is 5.96. The molecule has 0 atom stereocenters. The number of hydrogen-bond donors (Lipinski definition) is 0. The Morgan fingerprint density at radius 2 is 1.47 bits per heavy atom. The first-order valence-electron chi connectivity index (χ1n) is 11.1. The number of halogens is 1. The number of amides is 1. The van der Waals surface area contributed by atoms with Crippen molar-refractivity contribution in [1.29, 1.82) is 0 Å². The fourth-order valence-electron chi connectivity index (χ4n) is 3.92. The second-order valence-electron chi connectivity index (χ2n) is 8.20. The van der Waals surface area contributed by atoms with Crippen LogP contribution in [0.1, 0.15) is 30.4 Å². The van der Waals surface area contributed by atoms with E-state index in [0.29, 0.717) is 0 Å². The van der Waals surface area contributed by atoms with E-state index >= 15 is 0 Å². The number of hydrogen-bond acceptors (Lipinski definition) is 2. The van der Waals surface area contributed by atoms with Gasteiger partial charge in [0.05, 0.1) is 0 Å². The second-order valence-corrected chi connectivity index (χ2v) is 8.64. The first-order chi connectivity index (χ1) is 15.6. The summed E-state index contributed by atoms with van der Waals surface area (Å²) in [5.74, 6) is 5.51. The van der Waals surface area contributed by atoms with Crippen molar-refractivity contribution in [3.8, 4) is 23.0 Å². The molecule has 1 saturated heterocycles. The van der Waals surface area contributed by atoms with Gasteiger partial charge in [-0.2, -0.15) is 0 Å². The third-order valence-corrected chi connectivity index (χ3v) is 6.11. The smallest absolute Gasteiger partial charge is 0.302 e. The summed E-state index contributed by atoms with van der Waals surface area (Å²) in [6.45, 7) is 3.33. The van der Waals surface area contributed by atoms with Crippen LogP contribution < -0.4 is 4.90 Å². The quantitative estimate of drug-likeness (QED) is 0.462. The predicted molar refractivity (Wildman–Crippen MR) is 133 cm³/mol. The van der Waals surface area contributed by atoms with Crippen LogP contribution in [0.25, 0.3) is 11.1 Å². The van der Waals surface area contributed by atoms with Gasteiger partial charge in [0.1, 0.15) is 0 Å². The van der Waals surface area contributed by atoms with Crippen molar-refractivity contribution in [2.45, 2.75) is 25.8 Å². The molecule has 1 amide bonds. The van der Waals surface area contributed by atoms with Crippen LogP contribution in [0.15, 0.2) is 72.8 Å². The standard InChI is InChI=1S/C28H27ClN2O/c1-30(27-16-7-23(8-17-27)21-31-19-3-2-4-20-31)28(32)18-9-22-5-10-24(11-6-22)25-12-14-26(29)15-13-25/h5-8,10-17H,2-4,19-21H2,1H3. The zero-order valence-electron chi connectivity index (χ0n) is 18.4. The zero-order valence-corrected chi connectivity index (χ0v) is 19.1. The van der Waals surface area contributed by atoms with E-state index < -0.39 is 0 Å². The minimum absolute atomic E-state index is 0.226. The molecule has 0 unspecified atom stereocenters. The number of likely N-dealkylation sites (tertiary alicyclic amines) is 1. The van der Waals surface area contributed by atoms with Crippen LogP contribution in [0.2, 0.25) is 5.02 Å². The highest BCUT2D eigenvalue weighted by molar-refractivity contribution is 6.30. The Kier molecular flexibility index (Phi) is 7.27. The van der Waals surface area contributed by atoms with Gasteiger partial charge in [0.25, 0.3) is 0 Å². The maximum Gasteiger partial charge on any atom is 0.302 e. The molecule has 0 spiro atoms. The second kappa shape index (κ2) is 10.5. The topological polar surface area (TPSA) is 23.6 Å². The van der Waals surface area contributed by atoms with E-state index in [4.69, 9.17) is 11.6 Å². The number of rotatable bonds is 4. The first kappa shape index (κ1) is 22.1. The van der Waals surface area contributed by atoms with E-state index in [9.17, 15) is 4.79 Å². The number of piperidine rings is 1. The van der Waals surface area contributed by atoms with Crippen LogP contribution in [-0.4, -0.2) is 30.9 Å². The summed E-state index contributed by atoms with van der Waals surface area (Å²) in [5.41, 5.74) is 5.11. The molecule has 162 valence electrons. The SMILES string of the molecule is CN(C(=O)C#Cc1ccc(-c2ccc(Cl)cc2)cc1)c1ccc(CN2CCCCC2)cc1. The van der Waals surface area contributed by atoms with Crippen molar-refractivity contribution >= 4 is 23.2 Å². The van der Waals surface area contributed by atoms with Crippen LogP contribution in [0.3, 0.4) is 0 Å². The van der Waals surface area contributed by atoms with E-state index in [1.165, 1.54) is 37.9 Å². The summed E-state index contributed by atoms with van der Waals surface area (Å²) in [6, 6.07) is 23.8. The number of nitrogens with zero attached hydrogens (tertiary/aromatic N) is 2. The molecule has 32 heavy (non-hydrogen) atoms. The summed E-state index contributed by atoms with van der Waals surface area (Å²) in [7, 11) is 1.76. The molecule has 1 heterocycles. The molecule has 4 rings (SSSR count).